The largest absolute Gasteiger partial charge is 0.472 e. The molecule has 0 amide bonds. The first-order valence-corrected chi connectivity index (χ1v) is 23.9. The van der Waals surface area contributed by atoms with Crippen molar-refractivity contribution in [2.24, 2.45) is 5.73 Å². The van der Waals surface area contributed by atoms with Crippen LogP contribution in [-0.2, 0) is 27.9 Å². The fraction of sp³-hybridized carbons (Fsp3) is 0.723. The maximum Gasteiger partial charge on any atom is 0.472 e. The van der Waals surface area contributed by atoms with Crippen molar-refractivity contribution >= 4 is 13.8 Å². The summed E-state index contributed by atoms with van der Waals surface area (Å²) in [7, 11) is -4.29. The van der Waals surface area contributed by atoms with Gasteiger partial charge in [0.1, 0.15) is 6.10 Å². The van der Waals surface area contributed by atoms with Gasteiger partial charge in [-0.1, -0.05) is 164 Å². The molecule has 0 aliphatic heterocycles. The Morgan fingerprint density at radius 1 is 0.554 bits per heavy atom. The van der Waals surface area contributed by atoms with Crippen molar-refractivity contribution in [3.63, 3.8) is 0 Å². The fourth-order valence-corrected chi connectivity index (χ4v) is 6.61. The van der Waals surface area contributed by atoms with Crippen LogP contribution in [0.15, 0.2) is 72.9 Å². The molecular weight excluding hydrogens is 721 g/mol. The number of phosphoric acid groups is 1. The first-order valence-electron chi connectivity index (χ1n) is 22.4. The maximum absolute atomic E-state index is 12.6. The summed E-state index contributed by atoms with van der Waals surface area (Å²) in [6, 6.07) is 0. The Bertz CT molecular complexity index is 1080. The maximum atomic E-state index is 12.6. The van der Waals surface area contributed by atoms with Gasteiger partial charge in [0.2, 0.25) is 0 Å². The summed E-state index contributed by atoms with van der Waals surface area (Å²) in [5.41, 5.74) is 5.37. The predicted octanol–water partition coefficient (Wildman–Crippen LogP) is 13.5. The van der Waals surface area contributed by atoms with Crippen LogP contribution in [0.3, 0.4) is 0 Å². The van der Waals surface area contributed by atoms with E-state index < -0.39 is 13.9 Å². The van der Waals surface area contributed by atoms with E-state index in [1.165, 1.54) is 70.6 Å². The lowest BCUT2D eigenvalue weighted by Gasteiger charge is -2.20. The number of nitrogens with two attached hydrogens (primary N) is 1. The molecule has 0 heterocycles. The molecule has 8 nitrogen and oxygen atoms in total. The van der Waals surface area contributed by atoms with Crippen LogP contribution >= 0.6 is 7.82 Å². The zero-order valence-corrected chi connectivity index (χ0v) is 36.7. The van der Waals surface area contributed by atoms with Gasteiger partial charge in [0, 0.05) is 19.6 Å². The number of hydrogen-bond donors (Lipinski definition) is 2. The van der Waals surface area contributed by atoms with Crippen molar-refractivity contribution in [1.82, 2.24) is 0 Å². The van der Waals surface area contributed by atoms with Crippen LogP contribution in [0.4, 0.5) is 0 Å². The molecule has 0 rings (SSSR count). The number of allylic oxidation sites excluding steroid dienone is 12. The molecule has 3 N–H and O–H groups in total. The van der Waals surface area contributed by atoms with Crippen molar-refractivity contribution in [1.29, 1.82) is 0 Å². The first kappa shape index (κ1) is 53.9. The summed E-state index contributed by atoms with van der Waals surface area (Å²) in [5, 5.41) is 0. The molecule has 0 saturated carbocycles. The standard InChI is InChI=1S/C47H84NO7P/c1-3-5-7-9-11-13-15-17-19-21-22-23-24-25-26-28-30-32-34-36-38-40-47(49)55-46(45-54-56(50,51)53-43-41-48)44-52-42-39-37-35-33-31-29-27-20-18-16-14-12-10-8-6-4-2/h6,8,12,14-15,17-18,20-22,24-25,46H,3-5,7,9-11,13,16,19,23,26-45,48H2,1-2H3,(H,50,51)/b8-6-,14-12-,17-15-,20-18-,22-21-,25-24-. The highest BCUT2D eigenvalue weighted by Crippen LogP contribution is 2.43. The van der Waals surface area contributed by atoms with E-state index in [1.54, 1.807) is 0 Å². The third-order valence-corrected chi connectivity index (χ3v) is 10.1. The molecule has 0 radical (unpaired) electrons. The minimum atomic E-state index is -4.29. The van der Waals surface area contributed by atoms with E-state index in [0.717, 1.165) is 89.9 Å². The first-order chi connectivity index (χ1) is 27.4. The molecule has 2 atom stereocenters. The third kappa shape index (κ3) is 43.1. The topological polar surface area (TPSA) is 117 Å². The van der Waals surface area contributed by atoms with Crippen LogP contribution in [0, 0.1) is 0 Å². The Morgan fingerprint density at radius 3 is 1.50 bits per heavy atom. The Morgan fingerprint density at radius 2 is 1.00 bits per heavy atom. The summed E-state index contributed by atoms with van der Waals surface area (Å²) in [6.45, 7) is 4.74. The van der Waals surface area contributed by atoms with E-state index in [-0.39, 0.29) is 32.3 Å². The third-order valence-electron chi connectivity index (χ3n) is 9.11. The quantitative estimate of drug-likeness (QED) is 0.0271. The molecule has 0 spiro atoms. The van der Waals surface area contributed by atoms with Gasteiger partial charge in [-0.3, -0.25) is 13.8 Å². The van der Waals surface area contributed by atoms with Gasteiger partial charge in [-0.2, -0.15) is 0 Å². The minimum Gasteiger partial charge on any atom is -0.457 e. The lowest BCUT2D eigenvalue weighted by Crippen LogP contribution is -2.28. The number of ether oxygens (including phenoxy) is 2. The van der Waals surface area contributed by atoms with Crippen LogP contribution in [-0.4, -0.2) is 49.9 Å². The Hall–Kier alpha value is -2.06. The molecule has 0 aliphatic rings. The number of rotatable bonds is 42. The number of esters is 1. The summed E-state index contributed by atoms with van der Waals surface area (Å²) in [5.74, 6) is -0.350. The SMILES string of the molecule is CC/C=C\C/C=C\C/C=C\CCCCCCCCOCC(COP(=O)(O)OCCN)OC(=O)CCCCCCCC/C=C\C/C=C\C/C=C\CCCCCCC. The summed E-state index contributed by atoms with van der Waals surface area (Å²) in [6.07, 6.45) is 54.9. The average Bonchev–Trinajstić information content (AvgIpc) is 3.19. The molecule has 0 aromatic heterocycles. The minimum absolute atomic E-state index is 0.0919. The highest BCUT2D eigenvalue weighted by atomic mass is 31.2. The second-order valence-corrected chi connectivity index (χ2v) is 16.0. The van der Waals surface area contributed by atoms with E-state index in [0.29, 0.717) is 13.0 Å². The van der Waals surface area contributed by atoms with Crippen molar-refractivity contribution in [3.8, 4) is 0 Å². The van der Waals surface area contributed by atoms with E-state index in [2.05, 4.69) is 86.8 Å². The Balaban J connectivity index is 4.08. The molecule has 0 aromatic carbocycles. The van der Waals surface area contributed by atoms with Gasteiger partial charge in [-0.05, 0) is 83.5 Å². The molecule has 324 valence electrons. The number of carbonyl (C=O) groups is 1. The van der Waals surface area contributed by atoms with Gasteiger partial charge < -0.3 is 20.1 Å². The summed E-state index contributed by atoms with van der Waals surface area (Å²) < 4.78 is 33.4. The van der Waals surface area contributed by atoms with E-state index in [1.807, 2.05) is 0 Å². The molecule has 0 aliphatic carbocycles. The monoisotopic (exact) mass is 806 g/mol. The number of unbranched alkanes of at least 4 members (excludes halogenated alkanes) is 17. The normalized spacial score (nSPS) is 14.1. The molecule has 2 unspecified atom stereocenters. The molecule has 0 aromatic rings. The zero-order chi connectivity index (χ0) is 40.9. The zero-order valence-electron chi connectivity index (χ0n) is 35.8. The molecular formula is C47H84NO7P. The van der Waals surface area contributed by atoms with Crippen LogP contribution < -0.4 is 5.73 Å². The fourth-order valence-electron chi connectivity index (χ4n) is 5.84. The van der Waals surface area contributed by atoms with E-state index in [9.17, 15) is 14.3 Å². The van der Waals surface area contributed by atoms with Crippen LogP contribution in [0.25, 0.3) is 0 Å². The number of phosphoric ester groups is 1. The Kier molecular flexibility index (Phi) is 42.4. The van der Waals surface area contributed by atoms with Gasteiger partial charge in [0.25, 0.3) is 0 Å². The predicted molar refractivity (Wildman–Crippen MR) is 238 cm³/mol. The summed E-state index contributed by atoms with van der Waals surface area (Å²) in [4.78, 5) is 22.5. The van der Waals surface area contributed by atoms with Crippen LogP contribution in [0.2, 0.25) is 0 Å². The molecule has 0 saturated heterocycles. The van der Waals surface area contributed by atoms with Crippen molar-refractivity contribution in [2.45, 2.75) is 187 Å². The van der Waals surface area contributed by atoms with Gasteiger partial charge in [0.15, 0.2) is 0 Å². The molecule has 0 bridgehead atoms. The lowest BCUT2D eigenvalue weighted by molar-refractivity contribution is -0.154. The van der Waals surface area contributed by atoms with Crippen molar-refractivity contribution < 1.29 is 32.8 Å². The lowest BCUT2D eigenvalue weighted by atomic mass is 10.1. The van der Waals surface area contributed by atoms with Gasteiger partial charge in [0.05, 0.1) is 19.8 Å². The molecule has 0 fully saturated rings. The van der Waals surface area contributed by atoms with Gasteiger partial charge >= 0.3 is 13.8 Å². The second-order valence-electron chi connectivity index (χ2n) is 14.5. The highest BCUT2D eigenvalue weighted by Gasteiger charge is 2.25. The molecule has 56 heavy (non-hydrogen) atoms. The second kappa shape index (κ2) is 44.1. The van der Waals surface area contributed by atoms with E-state index in [4.69, 9.17) is 24.3 Å². The average molecular weight is 806 g/mol. The molecule has 9 heteroatoms. The van der Waals surface area contributed by atoms with E-state index >= 15 is 0 Å². The van der Waals surface area contributed by atoms with Gasteiger partial charge in [-0.25, -0.2) is 4.57 Å². The summed E-state index contributed by atoms with van der Waals surface area (Å²) >= 11 is 0. The van der Waals surface area contributed by atoms with Crippen molar-refractivity contribution in [3.05, 3.63) is 72.9 Å². The smallest absolute Gasteiger partial charge is 0.457 e. The van der Waals surface area contributed by atoms with Gasteiger partial charge in [-0.15, -0.1) is 0 Å². The van der Waals surface area contributed by atoms with Crippen molar-refractivity contribution in [2.75, 3.05) is 33.0 Å². The van der Waals surface area contributed by atoms with Crippen LogP contribution in [0.5, 0.6) is 0 Å². The Labute approximate surface area is 344 Å². The number of carbonyl (C=O) groups excluding carboxylic acids is 1. The van der Waals surface area contributed by atoms with Crippen LogP contribution in [0.1, 0.15) is 181 Å². The highest BCUT2D eigenvalue weighted by molar-refractivity contribution is 7.47. The number of hydrogen-bond acceptors (Lipinski definition) is 7.